The Morgan fingerprint density at radius 1 is 1.29 bits per heavy atom. The zero-order valence-corrected chi connectivity index (χ0v) is 15.1. The first-order valence-corrected chi connectivity index (χ1v) is 9.14. The zero-order valence-electron chi connectivity index (χ0n) is 15.1. The number of amides is 1. The van der Waals surface area contributed by atoms with Gasteiger partial charge in [-0.15, -0.1) is 0 Å². The second-order valence-electron chi connectivity index (χ2n) is 7.25. The van der Waals surface area contributed by atoms with Gasteiger partial charge in [-0.05, 0) is 26.3 Å². The van der Waals surface area contributed by atoms with Gasteiger partial charge in [0.15, 0.2) is 0 Å². The molecule has 0 aromatic carbocycles. The summed E-state index contributed by atoms with van der Waals surface area (Å²) in [6, 6.07) is 2.43. The highest BCUT2D eigenvalue weighted by Crippen LogP contribution is 2.19. The van der Waals surface area contributed by atoms with Crippen LogP contribution >= 0.6 is 0 Å². The van der Waals surface area contributed by atoms with Gasteiger partial charge in [0.2, 0.25) is 5.91 Å². The molecule has 2 fully saturated rings. The Morgan fingerprint density at radius 2 is 2.04 bits per heavy atom. The van der Waals surface area contributed by atoms with Gasteiger partial charge in [-0.25, -0.2) is 9.97 Å². The Balaban J connectivity index is 1.57. The summed E-state index contributed by atoms with van der Waals surface area (Å²) in [6.45, 7) is 10.6. The van der Waals surface area contributed by atoms with Crippen molar-refractivity contribution in [2.75, 3.05) is 37.6 Å². The second kappa shape index (κ2) is 7.47. The van der Waals surface area contributed by atoms with Crippen molar-refractivity contribution >= 4 is 11.7 Å². The van der Waals surface area contributed by atoms with Crippen LogP contribution in [0.3, 0.4) is 0 Å². The van der Waals surface area contributed by atoms with Crippen LogP contribution in [-0.2, 0) is 4.79 Å². The van der Waals surface area contributed by atoms with E-state index in [1.165, 1.54) is 6.42 Å². The largest absolute Gasteiger partial charge is 0.353 e. The average molecular weight is 331 g/mol. The maximum absolute atomic E-state index is 12.4. The van der Waals surface area contributed by atoms with Crippen molar-refractivity contribution in [2.24, 2.45) is 0 Å². The number of carbonyl (C=O) groups is 1. The summed E-state index contributed by atoms with van der Waals surface area (Å²) in [4.78, 5) is 26.0. The van der Waals surface area contributed by atoms with Crippen molar-refractivity contribution in [2.45, 2.75) is 52.0 Å². The van der Waals surface area contributed by atoms with Crippen LogP contribution in [0.15, 0.2) is 6.07 Å². The monoisotopic (exact) mass is 331 g/mol. The number of nitrogens with one attached hydrogen (secondary N) is 1. The van der Waals surface area contributed by atoms with E-state index >= 15 is 0 Å². The molecule has 0 bridgehead atoms. The van der Waals surface area contributed by atoms with E-state index in [4.69, 9.17) is 4.98 Å². The quantitative estimate of drug-likeness (QED) is 0.910. The van der Waals surface area contributed by atoms with Gasteiger partial charge in [0.25, 0.3) is 0 Å². The SMILES string of the molecule is Cc1cc(N2CCN(C(=O)CC3CCCN3)CC2)nc(C(C)C)n1. The molecule has 3 heterocycles. The normalized spacial score (nSPS) is 21.6. The molecule has 2 saturated heterocycles. The first-order valence-electron chi connectivity index (χ1n) is 9.14. The summed E-state index contributed by atoms with van der Waals surface area (Å²) in [5.41, 5.74) is 1.01. The summed E-state index contributed by atoms with van der Waals surface area (Å²) in [5, 5.41) is 3.41. The number of nitrogens with zero attached hydrogens (tertiary/aromatic N) is 4. The van der Waals surface area contributed by atoms with Crippen LogP contribution in [0.4, 0.5) is 5.82 Å². The standard InChI is InChI=1S/C18H29N5O/c1-13(2)18-20-14(3)11-16(21-18)22-7-9-23(10-8-22)17(24)12-15-5-4-6-19-15/h11,13,15,19H,4-10,12H2,1-3H3. The summed E-state index contributed by atoms with van der Waals surface area (Å²) in [5.74, 6) is 2.51. The van der Waals surface area contributed by atoms with Gasteiger partial charge in [0, 0.05) is 56.3 Å². The Morgan fingerprint density at radius 3 is 2.67 bits per heavy atom. The fraction of sp³-hybridized carbons (Fsp3) is 0.722. The van der Waals surface area contributed by atoms with Gasteiger partial charge in [-0.2, -0.15) is 0 Å². The third kappa shape index (κ3) is 4.04. The number of carbonyl (C=O) groups excluding carboxylic acids is 1. The van der Waals surface area contributed by atoms with Gasteiger partial charge >= 0.3 is 0 Å². The number of aromatic nitrogens is 2. The van der Waals surface area contributed by atoms with Gasteiger partial charge < -0.3 is 15.1 Å². The smallest absolute Gasteiger partial charge is 0.224 e. The predicted molar refractivity (Wildman–Crippen MR) is 95.3 cm³/mol. The van der Waals surface area contributed by atoms with Gasteiger partial charge in [-0.3, -0.25) is 4.79 Å². The molecule has 6 nitrogen and oxygen atoms in total. The van der Waals surface area contributed by atoms with Crippen molar-refractivity contribution in [1.82, 2.24) is 20.2 Å². The fourth-order valence-corrected chi connectivity index (χ4v) is 3.45. The van der Waals surface area contributed by atoms with Gasteiger partial charge in [0.05, 0.1) is 0 Å². The van der Waals surface area contributed by atoms with E-state index in [1.807, 2.05) is 17.9 Å². The summed E-state index contributed by atoms with van der Waals surface area (Å²) < 4.78 is 0. The molecule has 1 unspecified atom stereocenters. The first kappa shape index (κ1) is 17.1. The molecule has 2 aliphatic heterocycles. The van der Waals surface area contributed by atoms with E-state index in [1.54, 1.807) is 0 Å². The van der Waals surface area contributed by atoms with Crippen LogP contribution in [0.1, 0.15) is 50.5 Å². The van der Waals surface area contributed by atoms with Crippen molar-refractivity contribution < 1.29 is 4.79 Å². The lowest BCUT2D eigenvalue weighted by Gasteiger charge is -2.36. The predicted octanol–water partition coefficient (Wildman–Crippen LogP) is 1.70. The zero-order chi connectivity index (χ0) is 17.1. The third-order valence-corrected chi connectivity index (χ3v) is 4.91. The highest BCUT2D eigenvalue weighted by atomic mass is 16.2. The summed E-state index contributed by atoms with van der Waals surface area (Å²) >= 11 is 0. The Hall–Kier alpha value is -1.69. The van der Waals surface area contributed by atoms with Crippen LogP contribution in [0, 0.1) is 6.92 Å². The van der Waals surface area contributed by atoms with E-state index in [0.717, 1.165) is 56.5 Å². The molecule has 0 radical (unpaired) electrons. The molecule has 3 rings (SSSR count). The number of rotatable bonds is 4. The third-order valence-electron chi connectivity index (χ3n) is 4.91. The Kier molecular flexibility index (Phi) is 5.33. The van der Waals surface area contributed by atoms with Crippen molar-refractivity contribution in [3.05, 3.63) is 17.6 Å². The van der Waals surface area contributed by atoms with Crippen molar-refractivity contribution in [3.8, 4) is 0 Å². The maximum Gasteiger partial charge on any atom is 0.224 e. The molecular weight excluding hydrogens is 302 g/mol. The number of piperazine rings is 1. The first-order chi connectivity index (χ1) is 11.5. The molecule has 1 amide bonds. The highest BCUT2D eigenvalue weighted by molar-refractivity contribution is 5.77. The molecule has 132 valence electrons. The summed E-state index contributed by atoms with van der Waals surface area (Å²) in [6.07, 6.45) is 2.96. The van der Waals surface area contributed by atoms with Crippen molar-refractivity contribution in [3.63, 3.8) is 0 Å². The lowest BCUT2D eigenvalue weighted by molar-refractivity contribution is -0.131. The minimum atomic E-state index is 0.288. The number of aryl methyl sites for hydroxylation is 1. The molecule has 2 aliphatic rings. The molecule has 24 heavy (non-hydrogen) atoms. The van der Waals surface area contributed by atoms with Crippen molar-refractivity contribution in [1.29, 1.82) is 0 Å². The maximum atomic E-state index is 12.4. The van der Waals surface area contributed by atoms with E-state index < -0.39 is 0 Å². The van der Waals surface area contributed by atoms with Crippen LogP contribution in [0.2, 0.25) is 0 Å². The molecular formula is C18H29N5O. The van der Waals surface area contributed by atoms with Crippen LogP contribution < -0.4 is 10.2 Å². The minimum Gasteiger partial charge on any atom is -0.353 e. The van der Waals surface area contributed by atoms with E-state index in [-0.39, 0.29) is 5.91 Å². The highest BCUT2D eigenvalue weighted by Gasteiger charge is 2.25. The second-order valence-corrected chi connectivity index (χ2v) is 7.25. The molecule has 1 aromatic heterocycles. The van der Waals surface area contributed by atoms with E-state index in [0.29, 0.717) is 18.4 Å². The lowest BCUT2D eigenvalue weighted by atomic mass is 10.1. The number of hydrogen-bond donors (Lipinski definition) is 1. The minimum absolute atomic E-state index is 0.288. The number of anilines is 1. The molecule has 0 spiro atoms. The lowest BCUT2D eigenvalue weighted by Crippen LogP contribution is -2.50. The van der Waals surface area contributed by atoms with Crippen LogP contribution in [-0.4, -0.2) is 59.5 Å². The topological polar surface area (TPSA) is 61.4 Å². The molecule has 0 saturated carbocycles. The Labute approximate surface area is 144 Å². The molecule has 0 aliphatic carbocycles. The molecule has 1 aromatic rings. The van der Waals surface area contributed by atoms with Gasteiger partial charge in [0.1, 0.15) is 11.6 Å². The van der Waals surface area contributed by atoms with E-state index in [2.05, 4.69) is 29.0 Å². The molecule has 1 atom stereocenters. The molecule has 6 heteroatoms. The van der Waals surface area contributed by atoms with Crippen LogP contribution in [0.25, 0.3) is 0 Å². The molecule has 1 N–H and O–H groups in total. The van der Waals surface area contributed by atoms with Gasteiger partial charge in [-0.1, -0.05) is 13.8 Å². The average Bonchev–Trinajstić information content (AvgIpc) is 3.07. The fourth-order valence-electron chi connectivity index (χ4n) is 3.45. The van der Waals surface area contributed by atoms with E-state index in [9.17, 15) is 4.79 Å². The van der Waals surface area contributed by atoms with Crippen LogP contribution in [0.5, 0.6) is 0 Å². The number of hydrogen-bond acceptors (Lipinski definition) is 5. The summed E-state index contributed by atoms with van der Waals surface area (Å²) in [7, 11) is 0. The Bertz CT molecular complexity index is 575.